The maximum absolute atomic E-state index is 13.7. The zero-order chi connectivity index (χ0) is 19.1. The molecule has 3 aromatic carbocycles. The minimum Gasteiger partial charge on any atom is -0.488 e. The predicted molar refractivity (Wildman–Crippen MR) is 105 cm³/mol. The Balaban J connectivity index is 1.69. The molecule has 0 heterocycles. The molecule has 3 nitrogen and oxygen atoms in total. The molecule has 3 aromatic rings. The molecule has 0 unspecified atom stereocenters. The molecule has 0 fully saturated rings. The number of rotatable bonds is 8. The van der Waals surface area contributed by atoms with Crippen LogP contribution in [-0.2, 0) is 0 Å². The number of aliphatic hydroxyl groups excluding tert-OH is 1. The number of likely N-dealkylation sites (N-methyl/N-ethyl adjacent to an activating group) is 1. The Morgan fingerprint density at radius 3 is 1.93 bits per heavy atom. The molecule has 1 atom stereocenters. The van der Waals surface area contributed by atoms with E-state index < -0.39 is 11.9 Å². The summed E-state index contributed by atoms with van der Waals surface area (Å²) in [4.78, 5) is 2.08. The molecule has 1 N–H and O–H groups in total. The molecule has 140 valence electrons. The van der Waals surface area contributed by atoms with Crippen molar-refractivity contribution in [1.82, 2.24) is 4.90 Å². The Morgan fingerprint density at radius 1 is 0.852 bits per heavy atom. The van der Waals surface area contributed by atoms with Gasteiger partial charge < -0.3 is 9.84 Å². The van der Waals surface area contributed by atoms with Crippen molar-refractivity contribution in [2.75, 3.05) is 20.2 Å². The number of ether oxygens (including phenoxy) is 1. The van der Waals surface area contributed by atoms with E-state index in [4.69, 9.17) is 4.74 Å². The van der Waals surface area contributed by atoms with Crippen molar-refractivity contribution in [3.05, 3.63) is 102 Å². The molecule has 27 heavy (non-hydrogen) atoms. The molecule has 0 bridgehead atoms. The number of hydrogen-bond acceptors (Lipinski definition) is 3. The third-order valence-corrected chi connectivity index (χ3v) is 4.44. The summed E-state index contributed by atoms with van der Waals surface area (Å²) < 4.78 is 19.1. The van der Waals surface area contributed by atoms with E-state index in [1.807, 2.05) is 43.4 Å². The Bertz CT molecular complexity index is 787. The van der Waals surface area contributed by atoms with Gasteiger partial charge in [-0.1, -0.05) is 72.8 Å². The fraction of sp³-hybridized carbons (Fsp3) is 0.217. The maximum atomic E-state index is 13.7. The summed E-state index contributed by atoms with van der Waals surface area (Å²) in [6.45, 7) is 0.421. The van der Waals surface area contributed by atoms with Crippen LogP contribution in [-0.4, -0.2) is 36.3 Å². The molecule has 0 aliphatic heterocycles. The Kier molecular flexibility index (Phi) is 6.58. The van der Waals surface area contributed by atoms with Crippen LogP contribution in [0, 0.1) is 5.82 Å². The summed E-state index contributed by atoms with van der Waals surface area (Å²) in [5, 5.41) is 10.4. The fourth-order valence-electron chi connectivity index (χ4n) is 3.21. The molecule has 0 aliphatic rings. The van der Waals surface area contributed by atoms with Crippen LogP contribution in [0.5, 0.6) is 5.75 Å². The lowest BCUT2D eigenvalue weighted by Gasteiger charge is -2.30. The number of benzene rings is 3. The van der Waals surface area contributed by atoms with Gasteiger partial charge in [-0.05, 0) is 30.3 Å². The van der Waals surface area contributed by atoms with Gasteiger partial charge in [0.05, 0.1) is 6.04 Å². The summed E-state index contributed by atoms with van der Waals surface area (Å²) in [7, 11) is 1.97. The number of nitrogens with zero attached hydrogens (tertiary/aromatic N) is 1. The quantitative estimate of drug-likeness (QED) is 0.646. The van der Waals surface area contributed by atoms with Gasteiger partial charge in [-0.15, -0.1) is 0 Å². The summed E-state index contributed by atoms with van der Waals surface area (Å²) >= 11 is 0. The monoisotopic (exact) mass is 365 g/mol. The van der Waals surface area contributed by atoms with E-state index in [0.717, 1.165) is 11.1 Å². The average molecular weight is 365 g/mol. The summed E-state index contributed by atoms with van der Waals surface area (Å²) in [6, 6.07) is 26.6. The van der Waals surface area contributed by atoms with E-state index in [1.54, 1.807) is 18.2 Å². The lowest BCUT2D eigenvalue weighted by atomic mass is 9.97. The van der Waals surface area contributed by atoms with Crippen LogP contribution in [0.4, 0.5) is 4.39 Å². The first-order valence-electron chi connectivity index (χ1n) is 9.00. The normalized spacial score (nSPS) is 12.3. The molecule has 0 amide bonds. The van der Waals surface area contributed by atoms with E-state index in [1.165, 1.54) is 6.07 Å². The largest absolute Gasteiger partial charge is 0.488 e. The van der Waals surface area contributed by atoms with Gasteiger partial charge in [-0.3, -0.25) is 4.90 Å². The summed E-state index contributed by atoms with van der Waals surface area (Å²) in [5.41, 5.74) is 2.29. The van der Waals surface area contributed by atoms with Gasteiger partial charge in [0.1, 0.15) is 12.7 Å². The number of aliphatic hydroxyl groups is 1. The topological polar surface area (TPSA) is 32.7 Å². The van der Waals surface area contributed by atoms with Crippen molar-refractivity contribution < 1.29 is 14.2 Å². The Hall–Kier alpha value is -2.69. The molecule has 0 aliphatic carbocycles. The lowest BCUT2D eigenvalue weighted by molar-refractivity contribution is 0.0667. The smallest absolute Gasteiger partial charge is 0.165 e. The van der Waals surface area contributed by atoms with Gasteiger partial charge in [0.15, 0.2) is 11.6 Å². The van der Waals surface area contributed by atoms with Gasteiger partial charge in [0, 0.05) is 6.54 Å². The minimum absolute atomic E-state index is 0.00973. The van der Waals surface area contributed by atoms with Crippen molar-refractivity contribution in [1.29, 1.82) is 0 Å². The van der Waals surface area contributed by atoms with Crippen LogP contribution in [0.25, 0.3) is 0 Å². The zero-order valence-corrected chi connectivity index (χ0v) is 15.3. The van der Waals surface area contributed by atoms with Gasteiger partial charge in [0.25, 0.3) is 0 Å². The third-order valence-electron chi connectivity index (χ3n) is 4.44. The first-order valence-corrected chi connectivity index (χ1v) is 9.00. The first kappa shape index (κ1) is 19.1. The van der Waals surface area contributed by atoms with Gasteiger partial charge >= 0.3 is 0 Å². The van der Waals surface area contributed by atoms with Crippen LogP contribution < -0.4 is 4.74 Å². The van der Waals surface area contributed by atoms with Gasteiger partial charge in [0.2, 0.25) is 0 Å². The minimum atomic E-state index is -0.746. The highest BCUT2D eigenvalue weighted by molar-refractivity contribution is 5.31. The van der Waals surface area contributed by atoms with E-state index >= 15 is 0 Å². The van der Waals surface area contributed by atoms with Crippen molar-refractivity contribution in [3.8, 4) is 5.75 Å². The Morgan fingerprint density at radius 2 is 1.37 bits per heavy atom. The van der Waals surface area contributed by atoms with E-state index in [9.17, 15) is 9.50 Å². The van der Waals surface area contributed by atoms with Crippen molar-refractivity contribution in [2.45, 2.75) is 12.1 Å². The molecule has 0 radical (unpaired) electrons. The van der Waals surface area contributed by atoms with Crippen LogP contribution >= 0.6 is 0 Å². The van der Waals surface area contributed by atoms with Crippen LogP contribution in [0.3, 0.4) is 0 Å². The standard InChI is InChI=1S/C23H24FNO2/c1-25(16-20(26)17-27-22-15-9-8-14-21(22)24)23(18-10-4-2-5-11-18)19-12-6-3-7-13-19/h2-15,20,23,26H,16-17H2,1H3/t20-/m1/s1. The molecule has 0 saturated heterocycles. The second-order valence-corrected chi connectivity index (χ2v) is 6.56. The predicted octanol–water partition coefficient (Wildman–Crippen LogP) is 4.29. The van der Waals surface area contributed by atoms with Crippen LogP contribution in [0.2, 0.25) is 0 Å². The van der Waals surface area contributed by atoms with Gasteiger partial charge in [-0.2, -0.15) is 0 Å². The number of para-hydroxylation sites is 1. The molecule has 0 spiro atoms. The molecular weight excluding hydrogens is 341 g/mol. The summed E-state index contributed by atoms with van der Waals surface area (Å²) in [6.07, 6.45) is -0.746. The molecule has 3 rings (SSSR count). The van der Waals surface area contributed by atoms with Crippen LogP contribution in [0.15, 0.2) is 84.9 Å². The van der Waals surface area contributed by atoms with E-state index in [0.29, 0.717) is 6.54 Å². The van der Waals surface area contributed by atoms with Crippen molar-refractivity contribution >= 4 is 0 Å². The van der Waals surface area contributed by atoms with Gasteiger partial charge in [-0.25, -0.2) is 4.39 Å². The molecule has 0 aromatic heterocycles. The second kappa shape index (κ2) is 9.31. The highest BCUT2D eigenvalue weighted by Gasteiger charge is 2.21. The fourth-order valence-corrected chi connectivity index (χ4v) is 3.21. The SMILES string of the molecule is CN(C[C@@H](O)COc1ccccc1F)C(c1ccccc1)c1ccccc1. The van der Waals surface area contributed by atoms with E-state index in [2.05, 4.69) is 29.2 Å². The lowest BCUT2D eigenvalue weighted by Crippen LogP contribution is -2.36. The molecular formula is C23H24FNO2. The number of hydrogen-bond donors (Lipinski definition) is 1. The van der Waals surface area contributed by atoms with E-state index in [-0.39, 0.29) is 18.4 Å². The Labute approximate surface area is 159 Å². The molecule has 0 saturated carbocycles. The zero-order valence-electron chi connectivity index (χ0n) is 15.3. The maximum Gasteiger partial charge on any atom is 0.165 e. The third kappa shape index (κ3) is 5.16. The first-order chi connectivity index (χ1) is 13.1. The second-order valence-electron chi connectivity index (χ2n) is 6.56. The average Bonchev–Trinajstić information content (AvgIpc) is 2.69. The van der Waals surface area contributed by atoms with Crippen LogP contribution in [0.1, 0.15) is 17.2 Å². The van der Waals surface area contributed by atoms with Crippen molar-refractivity contribution in [3.63, 3.8) is 0 Å². The molecule has 4 heteroatoms. The highest BCUT2D eigenvalue weighted by Crippen LogP contribution is 2.27. The number of halogens is 1. The summed E-state index contributed by atoms with van der Waals surface area (Å²) in [5.74, 6) is -0.272. The highest BCUT2D eigenvalue weighted by atomic mass is 19.1. The van der Waals surface area contributed by atoms with Crippen molar-refractivity contribution in [2.24, 2.45) is 0 Å².